The summed E-state index contributed by atoms with van der Waals surface area (Å²) in [5.41, 5.74) is 0. The van der Waals surface area contributed by atoms with E-state index in [0.717, 1.165) is 0 Å². The second-order valence-electron chi connectivity index (χ2n) is 0. The maximum absolute atomic E-state index is 4.25. The van der Waals surface area contributed by atoms with Crippen molar-refractivity contribution < 1.29 is 67.0 Å². The zero-order chi connectivity index (χ0) is 8.00. The molecule has 0 unspecified atom stereocenters. The molecular weight excluding hydrogens is 224 g/mol. The Kier molecular flexibility index (Phi) is 239000. The quantitative estimate of drug-likeness (QED) is 0.115. The summed E-state index contributed by atoms with van der Waals surface area (Å²) >= 11 is 0. The van der Waals surface area contributed by atoms with Crippen LogP contribution in [0, 0.1) is 0 Å². The van der Waals surface area contributed by atoms with Crippen LogP contribution in [0.4, 0.5) is 0 Å². The van der Waals surface area contributed by atoms with Crippen LogP contribution in [0.1, 0.15) is 0 Å². The van der Waals surface area contributed by atoms with E-state index in [0.29, 0.717) is 0 Å². The Bertz CT molecular complexity index is 16.1. The predicted molar refractivity (Wildman–Crippen MR) is 36.0 cm³/mol. The van der Waals surface area contributed by atoms with Gasteiger partial charge in [0.2, 0.25) is 0 Å². The first-order chi connectivity index (χ1) is 4.00. The zero-order valence-corrected chi connectivity index (χ0v) is 8.99. The SMILES string of the molecule is N[NH3+].N[NH3+].N[NH3+].N[NH3+].[OH-].[OH-].[OH-].[OH-].[Ti]. The fourth-order valence-electron chi connectivity index (χ4n) is 0. The molecule has 0 radical (unpaired) electrons. The molecule has 0 aliphatic rings. The molecule has 0 amide bonds. The van der Waals surface area contributed by atoms with E-state index in [9.17, 15) is 0 Å². The number of hydrogen-bond acceptors (Lipinski definition) is 8. The third-order valence-electron chi connectivity index (χ3n) is 0. The normalized spacial score (nSPS) is 1.85. The van der Waals surface area contributed by atoms with E-state index in [1.807, 2.05) is 0 Å². The molecule has 0 aliphatic heterocycles. The van der Waals surface area contributed by atoms with Crippen LogP contribution in [0.2, 0.25) is 0 Å². The molecular formula is H24N8O4Ti. The van der Waals surface area contributed by atoms with Crippen molar-refractivity contribution in [2.45, 2.75) is 0 Å². The zero-order valence-electron chi connectivity index (χ0n) is 7.43. The average Bonchev–Trinajstić information content (AvgIpc) is 2.03. The Labute approximate surface area is 90.9 Å². The summed E-state index contributed by atoms with van der Waals surface area (Å²) < 4.78 is 0. The van der Waals surface area contributed by atoms with Gasteiger partial charge < -0.3 is 21.9 Å². The molecule has 0 heterocycles. The van der Waals surface area contributed by atoms with Crippen molar-refractivity contribution in [1.29, 1.82) is 0 Å². The second kappa shape index (κ2) is 28100. The Balaban J connectivity index is -0.00000000208. The molecule has 0 saturated heterocycles. The summed E-state index contributed by atoms with van der Waals surface area (Å²) in [6.45, 7) is 0. The van der Waals surface area contributed by atoms with E-state index in [-0.39, 0.29) is 43.6 Å². The van der Waals surface area contributed by atoms with Gasteiger partial charge in [-0.3, -0.25) is 23.4 Å². The van der Waals surface area contributed by atoms with Crippen molar-refractivity contribution >= 4 is 0 Å². The van der Waals surface area contributed by atoms with E-state index in [4.69, 9.17) is 0 Å². The van der Waals surface area contributed by atoms with Crippen LogP contribution < -0.4 is 46.7 Å². The standard InChI is InChI=1S/4H4N2.4H2O.Ti/c4*1-2;;;;;/h4*1-2H2;4*1H2;. The van der Waals surface area contributed by atoms with Crippen LogP contribution in [0.3, 0.4) is 0 Å². The van der Waals surface area contributed by atoms with Gasteiger partial charge in [0.15, 0.2) is 0 Å². The van der Waals surface area contributed by atoms with Crippen molar-refractivity contribution in [3.63, 3.8) is 0 Å². The summed E-state index contributed by atoms with van der Waals surface area (Å²) in [5, 5.41) is 0. The van der Waals surface area contributed by atoms with Gasteiger partial charge in [0, 0.05) is 21.7 Å². The molecule has 0 fully saturated rings. The monoisotopic (exact) mass is 248 g/mol. The van der Waals surface area contributed by atoms with Crippen LogP contribution >= 0.6 is 0 Å². The maximum Gasteiger partial charge on any atom is 0 e. The molecule has 13 heavy (non-hydrogen) atoms. The first-order valence-corrected chi connectivity index (χ1v) is 1.63. The fourth-order valence-corrected chi connectivity index (χ4v) is 0. The number of nitrogens with two attached hydrogens (primary N) is 4. The summed E-state index contributed by atoms with van der Waals surface area (Å²) in [6, 6.07) is 0. The van der Waals surface area contributed by atoms with E-state index in [1.54, 1.807) is 0 Å². The number of quaternary nitrogens is 4. The maximum atomic E-state index is 4.25. The van der Waals surface area contributed by atoms with Crippen LogP contribution in [0.25, 0.3) is 0 Å². The number of hydrogen-bond donors (Lipinski definition) is 8. The van der Waals surface area contributed by atoms with Crippen molar-refractivity contribution in [2.75, 3.05) is 0 Å². The van der Waals surface area contributed by atoms with Crippen molar-refractivity contribution in [3.05, 3.63) is 0 Å². The third kappa shape index (κ3) is 23300. The van der Waals surface area contributed by atoms with E-state index in [1.165, 1.54) is 0 Å². The van der Waals surface area contributed by atoms with Gasteiger partial charge in [-0.25, -0.2) is 0 Å². The van der Waals surface area contributed by atoms with Crippen molar-refractivity contribution in [2.24, 2.45) is 23.4 Å². The second-order valence-corrected chi connectivity index (χ2v) is 0. The van der Waals surface area contributed by atoms with Gasteiger partial charge in [0.25, 0.3) is 0 Å². The Morgan fingerprint density at radius 1 is 0.385 bits per heavy atom. The van der Waals surface area contributed by atoms with Crippen LogP contribution in [0.15, 0.2) is 0 Å². The molecule has 0 aromatic carbocycles. The molecule has 0 atom stereocenters. The van der Waals surface area contributed by atoms with Crippen LogP contribution in [0.5, 0.6) is 0 Å². The molecule has 12 nitrogen and oxygen atoms in total. The van der Waals surface area contributed by atoms with Crippen molar-refractivity contribution in [1.82, 2.24) is 0 Å². The summed E-state index contributed by atoms with van der Waals surface area (Å²) in [6.07, 6.45) is 0. The van der Waals surface area contributed by atoms with E-state index < -0.39 is 0 Å². The molecule has 0 bridgehead atoms. The molecule has 92 valence electrons. The molecule has 0 aliphatic carbocycles. The fraction of sp³-hybridized carbons (Fsp3) is 0. The summed E-state index contributed by atoms with van der Waals surface area (Å²) in [7, 11) is 0. The Morgan fingerprint density at radius 3 is 0.385 bits per heavy atom. The van der Waals surface area contributed by atoms with E-state index >= 15 is 0 Å². The van der Waals surface area contributed by atoms with Gasteiger partial charge in [0.05, 0.1) is 0 Å². The molecule has 0 spiro atoms. The minimum Gasteiger partial charge on any atom is -0.870 e. The van der Waals surface area contributed by atoms with Gasteiger partial charge in [0.1, 0.15) is 0 Å². The minimum absolute atomic E-state index is 0. The van der Waals surface area contributed by atoms with Gasteiger partial charge in [-0.15, -0.1) is 0 Å². The van der Waals surface area contributed by atoms with Gasteiger partial charge in [-0.1, -0.05) is 0 Å². The average molecular weight is 248 g/mol. The molecule has 0 aromatic rings. The molecule has 24 N–H and O–H groups in total. The van der Waals surface area contributed by atoms with Gasteiger partial charge >= 0.3 is 0 Å². The molecule has 0 saturated carbocycles. The Hall–Kier alpha value is 0.234. The minimum atomic E-state index is 0. The van der Waals surface area contributed by atoms with Crippen molar-refractivity contribution in [3.8, 4) is 0 Å². The summed E-state index contributed by atoms with van der Waals surface area (Å²) in [4.78, 5) is 0. The van der Waals surface area contributed by atoms with Gasteiger partial charge in [-0.2, -0.15) is 23.4 Å². The first-order valence-electron chi connectivity index (χ1n) is 1.63. The van der Waals surface area contributed by atoms with E-state index in [2.05, 4.69) is 46.7 Å². The van der Waals surface area contributed by atoms with Gasteiger partial charge in [-0.05, 0) is 0 Å². The smallest absolute Gasteiger partial charge is 0 e. The van der Waals surface area contributed by atoms with Crippen LogP contribution in [-0.2, 0) is 21.7 Å². The predicted octanol–water partition coefficient (Wildman–Crippen LogP) is -8.30. The largest absolute Gasteiger partial charge is 0.870 e. The molecule has 0 aromatic heterocycles. The Morgan fingerprint density at radius 2 is 0.385 bits per heavy atom. The number of rotatable bonds is 0. The topological polar surface area (TPSA) is 335 Å². The third-order valence-corrected chi connectivity index (χ3v) is 0. The van der Waals surface area contributed by atoms with Crippen LogP contribution in [-0.4, -0.2) is 21.9 Å². The molecule has 13 heteroatoms. The molecule has 0 rings (SSSR count). The first kappa shape index (κ1) is 110. The summed E-state index contributed by atoms with van der Waals surface area (Å²) in [5.74, 6) is 28.0.